The second-order valence-electron chi connectivity index (χ2n) is 4.73. The van der Waals surface area contributed by atoms with E-state index in [0.29, 0.717) is 17.4 Å². The Morgan fingerprint density at radius 2 is 2.19 bits per heavy atom. The Kier molecular flexibility index (Phi) is 3.61. The molecule has 1 fully saturated rings. The van der Waals surface area contributed by atoms with Crippen LogP contribution in [0.4, 0.5) is 0 Å². The van der Waals surface area contributed by atoms with Crippen molar-refractivity contribution in [3.8, 4) is 10.8 Å². The molecule has 2 aromatic heterocycles. The highest BCUT2D eigenvalue weighted by Gasteiger charge is 2.34. The quantitative estimate of drug-likeness (QED) is 0.906. The molecule has 1 N–H and O–H groups in total. The summed E-state index contributed by atoms with van der Waals surface area (Å²) in [7, 11) is 0. The summed E-state index contributed by atoms with van der Waals surface area (Å²) in [6.45, 7) is 0.564. The molecule has 3 rings (SSSR count). The molecule has 21 heavy (non-hydrogen) atoms. The van der Waals surface area contributed by atoms with Gasteiger partial charge in [-0.1, -0.05) is 0 Å². The van der Waals surface area contributed by atoms with Crippen molar-refractivity contribution >= 4 is 23.2 Å². The summed E-state index contributed by atoms with van der Waals surface area (Å²) in [6, 6.07) is 1.73. The van der Waals surface area contributed by atoms with Gasteiger partial charge in [0.25, 0.3) is 0 Å². The van der Waals surface area contributed by atoms with Gasteiger partial charge in [-0.25, -0.2) is 15.0 Å². The molecule has 7 nitrogen and oxygen atoms in total. The van der Waals surface area contributed by atoms with Crippen LogP contribution in [0.2, 0.25) is 0 Å². The van der Waals surface area contributed by atoms with Crippen molar-refractivity contribution in [2.24, 2.45) is 5.92 Å². The molecule has 3 heterocycles. The van der Waals surface area contributed by atoms with E-state index in [4.69, 9.17) is 5.11 Å². The van der Waals surface area contributed by atoms with Crippen molar-refractivity contribution in [1.29, 1.82) is 0 Å². The van der Waals surface area contributed by atoms with Crippen LogP contribution in [0.3, 0.4) is 0 Å². The number of likely N-dealkylation sites (tertiary alicyclic amines) is 1. The van der Waals surface area contributed by atoms with E-state index in [1.807, 2.05) is 5.38 Å². The van der Waals surface area contributed by atoms with Gasteiger partial charge in [0, 0.05) is 30.7 Å². The van der Waals surface area contributed by atoms with Crippen LogP contribution in [0.15, 0.2) is 23.8 Å². The maximum absolute atomic E-state index is 11.8. The fourth-order valence-corrected chi connectivity index (χ4v) is 2.93. The number of carbonyl (C=O) groups is 2. The van der Waals surface area contributed by atoms with Crippen LogP contribution in [0, 0.1) is 5.92 Å². The topological polar surface area (TPSA) is 96.3 Å². The van der Waals surface area contributed by atoms with Crippen molar-refractivity contribution in [1.82, 2.24) is 19.9 Å². The van der Waals surface area contributed by atoms with Crippen LogP contribution >= 0.6 is 11.3 Å². The van der Waals surface area contributed by atoms with Crippen molar-refractivity contribution in [2.75, 3.05) is 6.54 Å². The summed E-state index contributed by atoms with van der Waals surface area (Å²) in [4.78, 5) is 36.9. The molecule has 0 spiro atoms. The highest BCUT2D eigenvalue weighted by Crippen LogP contribution is 2.23. The van der Waals surface area contributed by atoms with Gasteiger partial charge < -0.3 is 10.0 Å². The SMILES string of the molecule is O=C(O)C1CC(=O)N(Cc2csc(-c3ncccn3)n2)C1. The smallest absolute Gasteiger partial charge is 0.308 e. The summed E-state index contributed by atoms with van der Waals surface area (Å²) in [5.74, 6) is -1.15. The molecule has 0 aliphatic carbocycles. The summed E-state index contributed by atoms with van der Waals surface area (Å²) < 4.78 is 0. The van der Waals surface area contributed by atoms with Gasteiger partial charge in [0.05, 0.1) is 18.2 Å². The predicted octanol–water partition coefficient (Wildman–Crippen LogP) is 1.03. The van der Waals surface area contributed by atoms with E-state index in [1.165, 1.54) is 16.2 Å². The van der Waals surface area contributed by atoms with E-state index in [-0.39, 0.29) is 18.9 Å². The van der Waals surface area contributed by atoms with Gasteiger partial charge in [-0.05, 0) is 6.07 Å². The van der Waals surface area contributed by atoms with Crippen LogP contribution in [0.5, 0.6) is 0 Å². The second-order valence-corrected chi connectivity index (χ2v) is 5.59. The fraction of sp³-hybridized carbons (Fsp3) is 0.308. The lowest BCUT2D eigenvalue weighted by Gasteiger charge is -2.13. The van der Waals surface area contributed by atoms with Crippen LogP contribution in [0.25, 0.3) is 10.8 Å². The van der Waals surface area contributed by atoms with Gasteiger partial charge in [0.1, 0.15) is 0 Å². The van der Waals surface area contributed by atoms with E-state index in [1.54, 1.807) is 18.5 Å². The molecule has 0 radical (unpaired) electrons. The number of carboxylic acid groups (broad SMARTS) is 1. The normalized spacial score (nSPS) is 18.2. The van der Waals surface area contributed by atoms with Crippen LogP contribution in [0.1, 0.15) is 12.1 Å². The van der Waals surface area contributed by atoms with Gasteiger partial charge >= 0.3 is 5.97 Å². The lowest BCUT2D eigenvalue weighted by molar-refractivity contribution is -0.141. The molecule has 0 saturated carbocycles. The van der Waals surface area contributed by atoms with E-state index < -0.39 is 11.9 Å². The zero-order valence-electron chi connectivity index (χ0n) is 11.0. The average molecular weight is 304 g/mol. The molecule has 1 atom stereocenters. The lowest BCUT2D eigenvalue weighted by atomic mass is 10.1. The number of hydrogen-bond acceptors (Lipinski definition) is 6. The monoisotopic (exact) mass is 304 g/mol. The number of rotatable bonds is 4. The minimum atomic E-state index is -0.928. The molecule has 2 aromatic rings. The molecule has 8 heteroatoms. The Morgan fingerprint density at radius 1 is 1.43 bits per heavy atom. The summed E-state index contributed by atoms with van der Waals surface area (Å²) in [5.41, 5.74) is 0.724. The predicted molar refractivity (Wildman–Crippen MR) is 74.3 cm³/mol. The third kappa shape index (κ3) is 2.89. The number of carboxylic acids is 1. The zero-order valence-corrected chi connectivity index (χ0v) is 11.8. The van der Waals surface area contributed by atoms with Gasteiger partial charge in [-0.15, -0.1) is 11.3 Å². The third-order valence-electron chi connectivity index (χ3n) is 3.23. The largest absolute Gasteiger partial charge is 0.481 e. The fourth-order valence-electron chi connectivity index (χ4n) is 2.18. The van der Waals surface area contributed by atoms with Crippen LogP contribution < -0.4 is 0 Å². The van der Waals surface area contributed by atoms with Gasteiger partial charge in [-0.2, -0.15) is 0 Å². The van der Waals surface area contributed by atoms with Crippen molar-refractivity contribution in [2.45, 2.75) is 13.0 Å². The summed E-state index contributed by atoms with van der Waals surface area (Å²) in [5, 5.41) is 11.5. The number of nitrogens with zero attached hydrogens (tertiary/aromatic N) is 4. The maximum atomic E-state index is 11.8. The maximum Gasteiger partial charge on any atom is 0.308 e. The molecule has 108 valence electrons. The van der Waals surface area contributed by atoms with Crippen molar-refractivity contribution < 1.29 is 14.7 Å². The van der Waals surface area contributed by atoms with Gasteiger partial charge in [-0.3, -0.25) is 9.59 Å². The molecular weight excluding hydrogens is 292 g/mol. The molecule has 1 aliphatic rings. The first-order valence-electron chi connectivity index (χ1n) is 6.36. The molecule has 1 aliphatic heterocycles. The Hall–Kier alpha value is -2.35. The minimum absolute atomic E-state index is 0.0636. The first kappa shape index (κ1) is 13.6. The standard InChI is InChI=1S/C13H12N4O3S/c18-10-4-8(13(19)20)5-17(10)6-9-7-21-12(16-9)11-14-2-1-3-15-11/h1-3,7-8H,4-6H2,(H,19,20). The van der Waals surface area contributed by atoms with Crippen molar-refractivity contribution in [3.05, 3.63) is 29.5 Å². The molecule has 1 saturated heterocycles. The lowest BCUT2D eigenvalue weighted by Crippen LogP contribution is -2.25. The third-order valence-corrected chi connectivity index (χ3v) is 4.11. The van der Waals surface area contributed by atoms with Gasteiger partial charge in [0.15, 0.2) is 10.8 Å². The highest BCUT2D eigenvalue weighted by atomic mass is 32.1. The van der Waals surface area contributed by atoms with E-state index in [2.05, 4.69) is 15.0 Å². The highest BCUT2D eigenvalue weighted by molar-refractivity contribution is 7.13. The Bertz CT molecular complexity index is 673. The Labute approximate surface area is 124 Å². The van der Waals surface area contributed by atoms with Crippen LogP contribution in [-0.2, 0) is 16.1 Å². The number of carbonyl (C=O) groups excluding carboxylic acids is 1. The Balaban J connectivity index is 1.71. The molecular formula is C13H12N4O3S. The zero-order chi connectivity index (χ0) is 14.8. The summed E-state index contributed by atoms with van der Waals surface area (Å²) in [6.07, 6.45) is 3.35. The number of amides is 1. The first-order valence-corrected chi connectivity index (χ1v) is 7.24. The van der Waals surface area contributed by atoms with E-state index in [0.717, 1.165) is 5.69 Å². The number of thiazole rings is 1. The Morgan fingerprint density at radius 3 is 2.86 bits per heavy atom. The number of hydrogen-bond donors (Lipinski definition) is 1. The van der Waals surface area contributed by atoms with Crippen molar-refractivity contribution in [3.63, 3.8) is 0 Å². The van der Waals surface area contributed by atoms with Gasteiger partial charge in [0.2, 0.25) is 5.91 Å². The number of aromatic nitrogens is 3. The van der Waals surface area contributed by atoms with E-state index in [9.17, 15) is 9.59 Å². The molecule has 1 amide bonds. The summed E-state index contributed by atoms with van der Waals surface area (Å²) >= 11 is 1.40. The molecule has 1 unspecified atom stereocenters. The second kappa shape index (κ2) is 5.57. The molecule has 0 bridgehead atoms. The minimum Gasteiger partial charge on any atom is -0.481 e. The van der Waals surface area contributed by atoms with E-state index >= 15 is 0 Å². The molecule has 0 aromatic carbocycles. The first-order chi connectivity index (χ1) is 10.1. The van der Waals surface area contributed by atoms with Crippen LogP contribution in [-0.4, -0.2) is 43.4 Å². The average Bonchev–Trinajstić information content (AvgIpc) is 3.08. The number of aliphatic carboxylic acids is 1.